The maximum absolute atomic E-state index is 12.0. The van der Waals surface area contributed by atoms with Crippen LogP contribution in [0.2, 0.25) is 0 Å². The molecule has 2 saturated heterocycles. The molecule has 0 aliphatic carbocycles. The van der Waals surface area contributed by atoms with E-state index in [4.69, 9.17) is 9.47 Å². The second-order valence-electron chi connectivity index (χ2n) is 9.05. The fourth-order valence-corrected chi connectivity index (χ4v) is 5.17. The highest BCUT2D eigenvalue weighted by atomic mass is 16.5. The number of hydrogen-bond acceptors (Lipinski definition) is 4. The van der Waals surface area contributed by atoms with E-state index < -0.39 is 11.7 Å². The van der Waals surface area contributed by atoms with Crippen LogP contribution in [0, 0.1) is 5.92 Å². The van der Waals surface area contributed by atoms with E-state index in [-0.39, 0.29) is 12.0 Å². The molecular weight excluding hydrogens is 390 g/mol. The van der Waals surface area contributed by atoms with Crippen LogP contribution in [0.25, 0.3) is 0 Å². The van der Waals surface area contributed by atoms with E-state index in [1.165, 1.54) is 4.90 Å². The quantitative estimate of drug-likeness (QED) is 0.572. The first kappa shape index (κ1) is 22.4. The van der Waals surface area contributed by atoms with Gasteiger partial charge in [-0.15, -0.1) is 0 Å². The number of quaternary nitrogens is 1. The van der Waals surface area contributed by atoms with Crippen LogP contribution in [-0.2, 0) is 15.1 Å². The monoisotopic (exact) mass is 426 g/mol. The van der Waals surface area contributed by atoms with Crippen molar-refractivity contribution >= 4 is 0 Å². The van der Waals surface area contributed by atoms with Crippen LogP contribution in [0.4, 0.5) is 0 Å². The standard InChI is InChI=1S/C26H35NO4/c28-24(19-30-20-25-12-7-17-31-25)18-27-15-13-23(14-16-27)26(29,21-8-3-1-4-9-21)22-10-5-2-6-11-22/h1-6,8-11,23-25,28-29H,7,12-20H2/p+1/t24-,25-/m1/s1. The SMILES string of the molecule is O[C@@H](COC[C@H]1CCCO1)C[NH+]1CCC(C(O)(c2ccccc2)c2ccccc2)CC1. The average Bonchev–Trinajstić information content (AvgIpc) is 3.34. The van der Waals surface area contributed by atoms with Crippen molar-refractivity contribution in [3.8, 4) is 0 Å². The Morgan fingerprint density at radius 1 is 0.968 bits per heavy atom. The molecule has 31 heavy (non-hydrogen) atoms. The molecule has 0 radical (unpaired) electrons. The summed E-state index contributed by atoms with van der Waals surface area (Å²) in [6, 6.07) is 20.1. The molecule has 2 aromatic carbocycles. The molecule has 4 rings (SSSR count). The van der Waals surface area contributed by atoms with Crippen molar-refractivity contribution < 1.29 is 24.6 Å². The lowest BCUT2D eigenvalue weighted by Crippen LogP contribution is -3.14. The van der Waals surface area contributed by atoms with Gasteiger partial charge in [-0.2, -0.15) is 0 Å². The van der Waals surface area contributed by atoms with Crippen molar-refractivity contribution in [1.82, 2.24) is 0 Å². The summed E-state index contributed by atoms with van der Waals surface area (Å²) in [7, 11) is 0. The molecule has 0 aromatic heterocycles. The van der Waals surface area contributed by atoms with E-state index in [2.05, 4.69) is 0 Å². The molecule has 2 atom stereocenters. The first-order valence-corrected chi connectivity index (χ1v) is 11.7. The number of piperidine rings is 1. The third-order valence-electron chi connectivity index (χ3n) is 6.87. The van der Waals surface area contributed by atoms with E-state index in [9.17, 15) is 10.2 Å². The summed E-state index contributed by atoms with van der Waals surface area (Å²) >= 11 is 0. The molecule has 0 bridgehead atoms. The van der Waals surface area contributed by atoms with E-state index in [1.807, 2.05) is 60.7 Å². The van der Waals surface area contributed by atoms with E-state index in [0.29, 0.717) is 19.8 Å². The van der Waals surface area contributed by atoms with Crippen molar-refractivity contribution in [3.63, 3.8) is 0 Å². The summed E-state index contributed by atoms with van der Waals surface area (Å²) in [5.74, 6) is 0.147. The summed E-state index contributed by atoms with van der Waals surface area (Å²) in [5, 5.41) is 22.4. The molecule has 2 aliphatic heterocycles. The third kappa shape index (κ3) is 5.54. The Labute approximate surface area is 185 Å². The zero-order valence-electron chi connectivity index (χ0n) is 18.3. The predicted molar refractivity (Wildman–Crippen MR) is 120 cm³/mol. The number of aliphatic hydroxyl groups excluding tert-OH is 1. The number of ether oxygens (including phenoxy) is 2. The molecule has 2 aromatic rings. The average molecular weight is 427 g/mol. The Balaban J connectivity index is 1.33. The molecule has 5 heteroatoms. The van der Waals surface area contributed by atoms with Gasteiger partial charge in [-0.3, -0.25) is 0 Å². The Hall–Kier alpha value is -1.76. The summed E-state index contributed by atoms with van der Waals surface area (Å²) in [6.45, 7) is 4.34. The lowest BCUT2D eigenvalue weighted by Gasteiger charge is -2.41. The topological polar surface area (TPSA) is 63.4 Å². The largest absolute Gasteiger partial charge is 0.385 e. The fraction of sp³-hybridized carbons (Fsp3) is 0.538. The van der Waals surface area contributed by atoms with Crippen LogP contribution < -0.4 is 4.90 Å². The van der Waals surface area contributed by atoms with Gasteiger partial charge in [0.05, 0.1) is 32.4 Å². The van der Waals surface area contributed by atoms with Crippen LogP contribution in [0.1, 0.15) is 36.8 Å². The molecule has 0 unspecified atom stereocenters. The van der Waals surface area contributed by atoms with Gasteiger partial charge >= 0.3 is 0 Å². The highest BCUT2D eigenvalue weighted by Crippen LogP contribution is 2.40. The third-order valence-corrected chi connectivity index (χ3v) is 6.87. The van der Waals surface area contributed by atoms with Gasteiger partial charge in [0.15, 0.2) is 0 Å². The van der Waals surface area contributed by atoms with E-state index >= 15 is 0 Å². The number of nitrogens with one attached hydrogen (secondary N) is 1. The lowest BCUT2D eigenvalue weighted by atomic mass is 9.72. The minimum absolute atomic E-state index is 0.147. The normalized spacial score (nSPS) is 25.4. The van der Waals surface area contributed by atoms with E-state index in [0.717, 1.165) is 56.5 Å². The molecule has 3 N–H and O–H groups in total. The Kier molecular flexibility index (Phi) is 7.75. The first-order valence-electron chi connectivity index (χ1n) is 11.7. The zero-order valence-corrected chi connectivity index (χ0v) is 18.3. The lowest BCUT2D eigenvalue weighted by molar-refractivity contribution is -0.909. The maximum Gasteiger partial charge on any atom is 0.126 e. The molecule has 5 nitrogen and oxygen atoms in total. The second-order valence-corrected chi connectivity index (χ2v) is 9.05. The highest BCUT2D eigenvalue weighted by Gasteiger charge is 2.42. The van der Waals surface area contributed by atoms with Gasteiger partial charge in [0, 0.05) is 25.4 Å². The van der Waals surface area contributed by atoms with Crippen LogP contribution >= 0.6 is 0 Å². The number of rotatable bonds is 9. The van der Waals surface area contributed by atoms with Crippen LogP contribution in [0.15, 0.2) is 60.7 Å². The van der Waals surface area contributed by atoms with Crippen molar-refractivity contribution in [2.75, 3.05) is 39.5 Å². The number of hydrogen-bond donors (Lipinski definition) is 3. The van der Waals surface area contributed by atoms with Crippen LogP contribution in [0.5, 0.6) is 0 Å². The molecular formula is C26H36NO4+. The van der Waals surface area contributed by atoms with Gasteiger partial charge in [-0.1, -0.05) is 60.7 Å². The van der Waals surface area contributed by atoms with Gasteiger partial charge in [0.25, 0.3) is 0 Å². The highest BCUT2D eigenvalue weighted by molar-refractivity contribution is 5.37. The summed E-state index contributed by atoms with van der Waals surface area (Å²) in [4.78, 5) is 1.38. The van der Waals surface area contributed by atoms with Gasteiger partial charge in [0.1, 0.15) is 18.2 Å². The van der Waals surface area contributed by atoms with Gasteiger partial charge < -0.3 is 24.6 Å². The number of aliphatic hydroxyl groups is 2. The Morgan fingerprint density at radius 3 is 2.13 bits per heavy atom. The van der Waals surface area contributed by atoms with Crippen molar-refractivity contribution in [2.45, 2.75) is 43.5 Å². The minimum atomic E-state index is -0.989. The molecule has 0 amide bonds. The smallest absolute Gasteiger partial charge is 0.126 e. The van der Waals surface area contributed by atoms with Crippen LogP contribution in [0.3, 0.4) is 0 Å². The Bertz CT molecular complexity index is 731. The summed E-state index contributed by atoms with van der Waals surface area (Å²) < 4.78 is 11.2. The molecule has 2 aliphatic rings. The van der Waals surface area contributed by atoms with Gasteiger partial charge in [0.2, 0.25) is 0 Å². The van der Waals surface area contributed by atoms with Gasteiger partial charge in [-0.25, -0.2) is 0 Å². The number of benzene rings is 2. The minimum Gasteiger partial charge on any atom is -0.385 e. The molecule has 2 fully saturated rings. The molecule has 0 saturated carbocycles. The molecule has 168 valence electrons. The van der Waals surface area contributed by atoms with Gasteiger partial charge in [-0.05, 0) is 24.0 Å². The zero-order chi connectivity index (χ0) is 21.5. The van der Waals surface area contributed by atoms with Crippen molar-refractivity contribution in [3.05, 3.63) is 71.8 Å². The Morgan fingerprint density at radius 2 is 1.58 bits per heavy atom. The maximum atomic E-state index is 12.0. The predicted octanol–water partition coefficient (Wildman–Crippen LogP) is 1.77. The van der Waals surface area contributed by atoms with Crippen LogP contribution in [-0.4, -0.2) is 61.9 Å². The summed E-state index contributed by atoms with van der Waals surface area (Å²) in [6.07, 6.45) is 3.73. The number of likely N-dealkylation sites (tertiary alicyclic amines) is 1. The second kappa shape index (κ2) is 10.7. The summed E-state index contributed by atoms with van der Waals surface area (Å²) in [5.41, 5.74) is 0.922. The van der Waals surface area contributed by atoms with E-state index in [1.54, 1.807) is 0 Å². The molecule has 0 spiro atoms. The van der Waals surface area contributed by atoms with Crippen molar-refractivity contribution in [2.24, 2.45) is 5.92 Å². The molecule has 2 heterocycles. The fourth-order valence-electron chi connectivity index (χ4n) is 5.17. The first-order chi connectivity index (χ1) is 15.2. The van der Waals surface area contributed by atoms with Crippen molar-refractivity contribution in [1.29, 1.82) is 0 Å².